The van der Waals surface area contributed by atoms with Crippen molar-refractivity contribution in [2.24, 2.45) is 5.73 Å². The van der Waals surface area contributed by atoms with Crippen molar-refractivity contribution in [1.82, 2.24) is 0 Å². The molecule has 0 aliphatic rings. The predicted octanol–water partition coefficient (Wildman–Crippen LogP) is 4.76. The van der Waals surface area contributed by atoms with Gasteiger partial charge in [-0.1, -0.05) is 48.5 Å². The third-order valence-electron chi connectivity index (χ3n) is 4.17. The van der Waals surface area contributed by atoms with Gasteiger partial charge >= 0.3 is 0 Å². The number of anilines is 1. The normalized spacial score (nSPS) is 10.5. The van der Waals surface area contributed by atoms with E-state index in [1.807, 2.05) is 79.7 Å². The van der Waals surface area contributed by atoms with E-state index < -0.39 is 0 Å². The van der Waals surface area contributed by atoms with Crippen LogP contribution in [-0.4, -0.2) is 11.8 Å². The summed E-state index contributed by atoms with van der Waals surface area (Å²) in [6.07, 6.45) is 0.361. The topological polar surface area (TPSA) is 64.3 Å². The summed E-state index contributed by atoms with van der Waals surface area (Å²) in [7, 11) is 0. The smallest absolute Gasteiger partial charge is 0.198 e. The molecule has 0 heterocycles. The van der Waals surface area contributed by atoms with E-state index in [9.17, 15) is 4.79 Å². The molecule has 0 amide bonds. The molecule has 144 valence electrons. The third kappa shape index (κ3) is 5.87. The Bertz CT molecular complexity index is 912. The van der Waals surface area contributed by atoms with Crippen LogP contribution in [-0.2, 0) is 17.8 Å². The lowest BCUT2D eigenvalue weighted by Gasteiger charge is -2.11. The minimum atomic E-state index is 0.0867. The number of ether oxygens (including phenoxy) is 1. The van der Waals surface area contributed by atoms with Crippen LogP contribution in [0.25, 0.3) is 0 Å². The fraction of sp³-hybridized carbons (Fsp3) is 0.174. The second-order valence-corrected chi connectivity index (χ2v) is 7.55. The number of benzene rings is 3. The molecular formula is C23H24N2O2S. The predicted molar refractivity (Wildman–Crippen MR) is 116 cm³/mol. The van der Waals surface area contributed by atoms with Crippen molar-refractivity contribution in [3.8, 4) is 5.75 Å². The zero-order valence-electron chi connectivity index (χ0n) is 15.9. The molecule has 0 unspecified atom stereocenters. The summed E-state index contributed by atoms with van der Waals surface area (Å²) in [5, 5.41) is 3.18. The Morgan fingerprint density at radius 2 is 1.75 bits per heavy atom. The van der Waals surface area contributed by atoms with Crippen LogP contribution >= 0.6 is 11.8 Å². The van der Waals surface area contributed by atoms with Gasteiger partial charge < -0.3 is 15.8 Å². The maximum absolute atomic E-state index is 12.5. The van der Waals surface area contributed by atoms with Gasteiger partial charge in [0.25, 0.3) is 0 Å². The van der Waals surface area contributed by atoms with Gasteiger partial charge in [-0.05, 0) is 59.6 Å². The summed E-state index contributed by atoms with van der Waals surface area (Å²) < 4.78 is 5.79. The van der Waals surface area contributed by atoms with Gasteiger partial charge in [0.05, 0.1) is 6.67 Å². The second kappa shape index (κ2) is 9.97. The standard InChI is InChI=1S/C23H24N2O2S/c1-17-7-12-21(25-16-24)22(13-17)28-23(26)14-18-8-10-20(11-9-18)27-15-19-5-3-2-4-6-19/h2-13,25H,14-16,24H2,1H3. The van der Waals surface area contributed by atoms with Gasteiger partial charge in [-0.2, -0.15) is 0 Å². The monoisotopic (exact) mass is 392 g/mol. The molecule has 3 N–H and O–H groups in total. The SMILES string of the molecule is Cc1ccc(NCN)c(SC(=O)Cc2ccc(OCc3ccccc3)cc2)c1. The molecule has 0 aliphatic carbocycles. The van der Waals surface area contributed by atoms with Crippen molar-refractivity contribution in [1.29, 1.82) is 0 Å². The van der Waals surface area contributed by atoms with Crippen molar-refractivity contribution in [2.75, 3.05) is 12.0 Å². The van der Waals surface area contributed by atoms with E-state index in [4.69, 9.17) is 10.5 Å². The van der Waals surface area contributed by atoms with E-state index in [0.29, 0.717) is 19.7 Å². The average molecular weight is 393 g/mol. The fourth-order valence-electron chi connectivity index (χ4n) is 2.74. The van der Waals surface area contributed by atoms with Gasteiger partial charge in [0.2, 0.25) is 0 Å². The lowest BCUT2D eigenvalue weighted by atomic mass is 10.1. The number of carbonyl (C=O) groups excluding carboxylic acids is 1. The van der Waals surface area contributed by atoms with Crippen molar-refractivity contribution in [3.63, 3.8) is 0 Å². The summed E-state index contributed by atoms with van der Waals surface area (Å²) in [6, 6.07) is 23.7. The summed E-state index contributed by atoms with van der Waals surface area (Å²) in [4.78, 5) is 13.4. The van der Waals surface area contributed by atoms with Crippen LogP contribution in [0.4, 0.5) is 5.69 Å². The first-order valence-corrected chi connectivity index (χ1v) is 9.96. The highest BCUT2D eigenvalue weighted by Gasteiger charge is 2.10. The average Bonchev–Trinajstić information content (AvgIpc) is 2.70. The number of hydrogen-bond donors (Lipinski definition) is 2. The highest BCUT2D eigenvalue weighted by molar-refractivity contribution is 8.13. The van der Waals surface area contributed by atoms with Gasteiger partial charge in [-0.3, -0.25) is 4.79 Å². The maximum Gasteiger partial charge on any atom is 0.198 e. The highest BCUT2D eigenvalue weighted by Crippen LogP contribution is 2.30. The van der Waals surface area contributed by atoms with E-state index in [1.54, 1.807) is 0 Å². The molecular weight excluding hydrogens is 368 g/mol. The van der Waals surface area contributed by atoms with Crippen molar-refractivity contribution in [3.05, 3.63) is 89.5 Å². The number of rotatable bonds is 8. The van der Waals surface area contributed by atoms with E-state index >= 15 is 0 Å². The van der Waals surface area contributed by atoms with Gasteiger partial charge in [-0.25, -0.2) is 0 Å². The van der Waals surface area contributed by atoms with Crippen LogP contribution in [0.2, 0.25) is 0 Å². The molecule has 4 nitrogen and oxygen atoms in total. The number of thioether (sulfide) groups is 1. The summed E-state index contributed by atoms with van der Waals surface area (Å²) in [6.45, 7) is 2.86. The zero-order chi connectivity index (χ0) is 19.8. The zero-order valence-corrected chi connectivity index (χ0v) is 16.7. The maximum atomic E-state index is 12.5. The Morgan fingerprint density at radius 1 is 1.00 bits per heavy atom. The fourth-order valence-corrected chi connectivity index (χ4v) is 3.72. The van der Waals surface area contributed by atoms with Crippen LogP contribution in [0.3, 0.4) is 0 Å². The number of carbonyl (C=O) groups is 1. The molecule has 0 saturated heterocycles. The van der Waals surface area contributed by atoms with Crippen LogP contribution in [0, 0.1) is 6.92 Å². The van der Waals surface area contributed by atoms with Gasteiger partial charge in [-0.15, -0.1) is 0 Å². The molecule has 0 radical (unpaired) electrons. The Kier molecular flexibility index (Phi) is 7.12. The molecule has 3 aromatic carbocycles. The number of hydrogen-bond acceptors (Lipinski definition) is 5. The summed E-state index contributed by atoms with van der Waals surface area (Å²) >= 11 is 1.24. The quantitative estimate of drug-likeness (QED) is 0.427. The van der Waals surface area contributed by atoms with E-state index in [0.717, 1.165) is 33.0 Å². The van der Waals surface area contributed by atoms with E-state index in [-0.39, 0.29) is 5.12 Å². The minimum absolute atomic E-state index is 0.0867. The largest absolute Gasteiger partial charge is 0.489 e. The minimum Gasteiger partial charge on any atom is -0.489 e. The Balaban J connectivity index is 1.56. The van der Waals surface area contributed by atoms with Crippen LogP contribution in [0.1, 0.15) is 16.7 Å². The van der Waals surface area contributed by atoms with Crippen molar-refractivity contribution < 1.29 is 9.53 Å². The molecule has 0 aliphatic heterocycles. The molecule has 0 spiro atoms. The summed E-state index contributed by atoms with van der Waals surface area (Å²) in [5.41, 5.74) is 9.66. The molecule has 0 atom stereocenters. The van der Waals surface area contributed by atoms with Gasteiger partial charge in [0.15, 0.2) is 5.12 Å². The lowest BCUT2D eigenvalue weighted by molar-refractivity contribution is -0.110. The highest BCUT2D eigenvalue weighted by atomic mass is 32.2. The second-order valence-electron chi connectivity index (χ2n) is 6.45. The van der Waals surface area contributed by atoms with Gasteiger partial charge in [0.1, 0.15) is 12.4 Å². The molecule has 3 rings (SSSR count). The molecule has 0 aromatic heterocycles. The molecule has 0 bridgehead atoms. The van der Waals surface area contributed by atoms with E-state index in [2.05, 4.69) is 5.32 Å². The van der Waals surface area contributed by atoms with Crippen LogP contribution in [0.5, 0.6) is 5.75 Å². The Hall–Kier alpha value is -2.76. The first kappa shape index (κ1) is 20.0. The van der Waals surface area contributed by atoms with Crippen molar-refractivity contribution in [2.45, 2.75) is 24.8 Å². The number of nitrogens with two attached hydrogens (primary N) is 1. The number of aryl methyl sites for hydroxylation is 1. The van der Waals surface area contributed by atoms with Crippen LogP contribution < -0.4 is 15.8 Å². The Labute approximate surface area is 170 Å². The number of nitrogens with one attached hydrogen (secondary N) is 1. The first-order valence-electron chi connectivity index (χ1n) is 9.15. The summed E-state index contributed by atoms with van der Waals surface area (Å²) in [5.74, 6) is 0.792. The lowest BCUT2D eigenvalue weighted by Crippen LogP contribution is -2.11. The molecule has 0 saturated carbocycles. The Morgan fingerprint density at radius 3 is 2.46 bits per heavy atom. The van der Waals surface area contributed by atoms with Crippen LogP contribution in [0.15, 0.2) is 77.7 Å². The third-order valence-corrected chi connectivity index (χ3v) is 5.10. The van der Waals surface area contributed by atoms with Gasteiger partial charge in [0, 0.05) is 17.0 Å². The molecule has 5 heteroatoms. The first-order chi connectivity index (χ1) is 13.6. The molecule has 0 fully saturated rings. The van der Waals surface area contributed by atoms with Crippen molar-refractivity contribution >= 4 is 22.6 Å². The van der Waals surface area contributed by atoms with E-state index in [1.165, 1.54) is 11.8 Å². The molecule has 28 heavy (non-hydrogen) atoms. The molecule has 3 aromatic rings.